The fraction of sp³-hybridized carbons (Fsp3) is 0.643. The largest absolute Gasteiger partial charge is 0.379 e. The van der Waals surface area contributed by atoms with Crippen LogP contribution in [0.2, 0.25) is 0 Å². The van der Waals surface area contributed by atoms with E-state index < -0.39 is 0 Å². The summed E-state index contributed by atoms with van der Waals surface area (Å²) in [6, 6.07) is 5.96. The Kier molecular flexibility index (Phi) is 7.18. The van der Waals surface area contributed by atoms with E-state index in [0.717, 1.165) is 37.8 Å². The smallest absolute Gasteiger partial charge is 0.128 e. The van der Waals surface area contributed by atoms with Gasteiger partial charge in [-0.25, -0.2) is 4.98 Å². The number of hydrogen-bond donors (Lipinski definition) is 2. The molecular formula is C14H25N3O. The summed E-state index contributed by atoms with van der Waals surface area (Å²) in [6.07, 6.45) is 1.10. The third-order valence-electron chi connectivity index (χ3n) is 2.31. The monoisotopic (exact) mass is 251 g/mol. The molecule has 18 heavy (non-hydrogen) atoms. The Bertz CT molecular complexity index is 329. The summed E-state index contributed by atoms with van der Waals surface area (Å²) in [5, 5.41) is 6.53. The van der Waals surface area contributed by atoms with E-state index in [1.54, 1.807) is 0 Å². The average Bonchev–Trinajstić information content (AvgIpc) is 2.36. The van der Waals surface area contributed by atoms with E-state index >= 15 is 0 Å². The lowest BCUT2D eigenvalue weighted by atomic mass is 10.2. The van der Waals surface area contributed by atoms with Gasteiger partial charge in [-0.3, -0.25) is 0 Å². The lowest BCUT2D eigenvalue weighted by Gasteiger charge is -2.10. The third-order valence-corrected chi connectivity index (χ3v) is 2.31. The third kappa shape index (κ3) is 6.45. The first-order chi connectivity index (χ1) is 8.72. The summed E-state index contributed by atoms with van der Waals surface area (Å²) in [4.78, 5) is 4.47. The number of nitrogens with zero attached hydrogens (tertiary/aromatic N) is 1. The molecule has 1 aromatic heterocycles. The lowest BCUT2D eigenvalue weighted by Crippen LogP contribution is -2.13. The predicted molar refractivity (Wildman–Crippen MR) is 77.2 cm³/mol. The molecule has 0 unspecified atom stereocenters. The average molecular weight is 251 g/mol. The van der Waals surface area contributed by atoms with Gasteiger partial charge in [-0.15, -0.1) is 0 Å². The van der Waals surface area contributed by atoms with E-state index in [2.05, 4.69) is 36.4 Å². The fourth-order valence-electron chi connectivity index (χ4n) is 1.45. The van der Waals surface area contributed by atoms with Crippen LogP contribution >= 0.6 is 0 Å². The van der Waals surface area contributed by atoms with Gasteiger partial charge in [0.05, 0.1) is 6.61 Å². The summed E-state index contributed by atoms with van der Waals surface area (Å²) in [5.74, 6) is 2.40. The summed E-state index contributed by atoms with van der Waals surface area (Å²) >= 11 is 0. The van der Waals surface area contributed by atoms with Gasteiger partial charge in [-0.1, -0.05) is 26.8 Å². The van der Waals surface area contributed by atoms with Gasteiger partial charge in [-0.2, -0.15) is 0 Å². The molecule has 0 atom stereocenters. The SMILES string of the molecule is CCCNc1cccc(NCCOCC(C)C)n1. The van der Waals surface area contributed by atoms with Crippen molar-refractivity contribution >= 4 is 11.6 Å². The second-order valence-electron chi connectivity index (χ2n) is 4.73. The number of pyridine rings is 1. The number of ether oxygens (including phenoxy) is 1. The summed E-state index contributed by atoms with van der Waals surface area (Å²) in [5.41, 5.74) is 0. The van der Waals surface area contributed by atoms with E-state index in [4.69, 9.17) is 4.74 Å². The van der Waals surface area contributed by atoms with Gasteiger partial charge in [-0.05, 0) is 24.5 Å². The molecule has 0 saturated carbocycles. The number of nitrogens with one attached hydrogen (secondary N) is 2. The minimum absolute atomic E-state index is 0.588. The maximum Gasteiger partial charge on any atom is 0.128 e. The van der Waals surface area contributed by atoms with Gasteiger partial charge >= 0.3 is 0 Å². The van der Waals surface area contributed by atoms with E-state index in [1.165, 1.54) is 0 Å². The van der Waals surface area contributed by atoms with Crippen LogP contribution in [-0.4, -0.2) is 31.3 Å². The molecule has 1 aromatic rings. The molecule has 0 aliphatic rings. The summed E-state index contributed by atoms with van der Waals surface area (Å²) < 4.78 is 5.51. The number of aromatic nitrogens is 1. The Morgan fingerprint density at radius 2 is 1.83 bits per heavy atom. The molecule has 2 N–H and O–H groups in total. The zero-order valence-corrected chi connectivity index (χ0v) is 11.7. The Morgan fingerprint density at radius 1 is 1.17 bits per heavy atom. The number of anilines is 2. The van der Waals surface area contributed by atoms with Crippen LogP contribution in [0.5, 0.6) is 0 Å². The molecule has 0 aliphatic heterocycles. The minimum atomic E-state index is 0.588. The van der Waals surface area contributed by atoms with E-state index in [1.807, 2.05) is 18.2 Å². The number of hydrogen-bond acceptors (Lipinski definition) is 4. The molecule has 0 radical (unpaired) electrons. The Labute approximate surface area is 110 Å². The maximum absolute atomic E-state index is 5.51. The highest BCUT2D eigenvalue weighted by atomic mass is 16.5. The second kappa shape index (κ2) is 8.75. The van der Waals surface area contributed by atoms with Crippen LogP contribution in [0.15, 0.2) is 18.2 Å². The van der Waals surface area contributed by atoms with Crippen molar-refractivity contribution in [3.63, 3.8) is 0 Å². The molecular weight excluding hydrogens is 226 g/mol. The molecule has 0 aromatic carbocycles. The highest BCUT2D eigenvalue weighted by Crippen LogP contribution is 2.08. The number of rotatable bonds is 9. The van der Waals surface area contributed by atoms with Crippen molar-refractivity contribution in [2.45, 2.75) is 27.2 Å². The first kappa shape index (κ1) is 14.8. The molecule has 1 rings (SSSR count). The first-order valence-electron chi connectivity index (χ1n) is 6.75. The van der Waals surface area contributed by atoms with Crippen molar-refractivity contribution in [3.05, 3.63) is 18.2 Å². The quantitative estimate of drug-likeness (QED) is 0.662. The Hall–Kier alpha value is -1.29. The van der Waals surface area contributed by atoms with Crippen molar-refractivity contribution in [2.24, 2.45) is 5.92 Å². The summed E-state index contributed by atoms with van der Waals surface area (Å²) in [6.45, 7) is 9.71. The molecule has 0 fully saturated rings. The van der Waals surface area contributed by atoms with Crippen LogP contribution in [0.1, 0.15) is 27.2 Å². The van der Waals surface area contributed by atoms with Crippen molar-refractivity contribution in [2.75, 3.05) is 36.9 Å². The molecule has 0 amide bonds. The van der Waals surface area contributed by atoms with Crippen LogP contribution in [0.4, 0.5) is 11.6 Å². The van der Waals surface area contributed by atoms with Crippen LogP contribution in [0.3, 0.4) is 0 Å². The van der Waals surface area contributed by atoms with E-state index in [9.17, 15) is 0 Å². The highest BCUT2D eigenvalue weighted by Gasteiger charge is 1.97. The van der Waals surface area contributed by atoms with Gasteiger partial charge in [0, 0.05) is 19.7 Å². The molecule has 0 saturated heterocycles. The first-order valence-corrected chi connectivity index (χ1v) is 6.75. The van der Waals surface area contributed by atoms with Crippen molar-refractivity contribution < 1.29 is 4.74 Å². The topological polar surface area (TPSA) is 46.2 Å². The Morgan fingerprint density at radius 3 is 2.44 bits per heavy atom. The molecule has 0 spiro atoms. The van der Waals surface area contributed by atoms with Gasteiger partial charge in [0.15, 0.2) is 0 Å². The molecule has 0 aliphatic carbocycles. The van der Waals surface area contributed by atoms with Crippen LogP contribution < -0.4 is 10.6 Å². The van der Waals surface area contributed by atoms with E-state index in [0.29, 0.717) is 12.5 Å². The summed E-state index contributed by atoms with van der Waals surface area (Å²) in [7, 11) is 0. The van der Waals surface area contributed by atoms with Crippen molar-refractivity contribution in [1.29, 1.82) is 0 Å². The lowest BCUT2D eigenvalue weighted by molar-refractivity contribution is 0.118. The van der Waals surface area contributed by atoms with Gasteiger partial charge in [0.1, 0.15) is 11.6 Å². The predicted octanol–water partition coefficient (Wildman–Crippen LogP) is 2.99. The molecule has 4 heteroatoms. The second-order valence-corrected chi connectivity index (χ2v) is 4.73. The van der Waals surface area contributed by atoms with Gasteiger partial charge < -0.3 is 15.4 Å². The van der Waals surface area contributed by atoms with Crippen molar-refractivity contribution in [3.8, 4) is 0 Å². The van der Waals surface area contributed by atoms with Crippen LogP contribution in [-0.2, 0) is 4.74 Å². The van der Waals surface area contributed by atoms with Crippen LogP contribution in [0, 0.1) is 5.92 Å². The van der Waals surface area contributed by atoms with Gasteiger partial charge in [0.25, 0.3) is 0 Å². The maximum atomic E-state index is 5.51. The molecule has 1 heterocycles. The normalized spacial score (nSPS) is 10.7. The zero-order chi connectivity index (χ0) is 13.2. The highest BCUT2D eigenvalue weighted by molar-refractivity contribution is 5.44. The standard InChI is InChI=1S/C14H25N3O/c1-4-8-15-13-6-5-7-14(17-13)16-9-10-18-11-12(2)3/h5-7,12H,4,8-11H2,1-3H3,(H2,15,16,17). The molecule has 0 bridgehead atoms. The molecule has 4 nitrogen and oxygen atoms in total. The van der Waals surface area contributed by atoms with Crippen LogP contribution in [0.25, 0.3) is 0 Å². The minimum Gasteiger partial charge on any atom is -0.379 e. The fourth-order valence-corrected chi connectivity index (χ4v) is 1.45. The van der Waals surface area contributed by atoms with Gasteiger partial charge in [0.2, 0.25) is 0 Å². The Balaban J connectivity index is 2.24. The zero-order valence-electron chi connectivity index (χ0n) is 11.7. The van der Waals surface area contributed by atoms with Crippen molar-refractivity contribution in [1.82, 2.24) is 4.98 Å². The molecule has 102 valence electrons. The van der Waals surface area contributed by atoms with E-state index in [-0.39, 0.29) is 0 Å².